The van der Waals surface area contributed by atoms with Gasteiger partial charge >= 0.3 is 0 Å². The van der Waals surface area contributed by atoms with E-state index in [1.165, 1.54) is 0 Å². The van der Waals surface area contributed by atoms with Crippen LogP contribution in [0.1, 0.15) is 37.8 Å². The summed E-state index contributed by atoms with van der Waals surface area (Å²) in [6.07, 6.45) is 1.60. The molecule has 1 aromatic heterocycles. The van der Waals surface area contributed by atoms with Gasteiger partial charge in [0.2, 0.25) is 0 Å². The summed E-state index contributed by atoms with van der Waals surface area (Å²) < 4.78 is 16.5. The zero-order chi connectivity index (χ0) is 17.0. The standard InChI is InChI=1S/C16H18N2O4S/c1-10-7-14(11(2)22-10)16(20)18-17-15(19)13-6-4-5-12(8-13)9-23(3)21/h4-8H,9H2,1-3H3,(H,17,19)(H,18,20). The number of furan rings is 1. The summed E-state index contributed by atoms with van der Waals surface area (Å²) in [6, 6.07) is 8.39. The predicted molar refractivity (Wildman–Crippen MR) is 87.3 cm³/mol. The molecule has 7 heteroatoms. The zero-order valence-corrected chi connectivity index (χ0v) is 14.0. The topological polar surface area (TPSA) is 88.4 Å². The molecule has 0 aliphatic carbocycles. The lowest BCUT2D eigenvalue weighted by atomic mass is 10.1. The molecule has 2 N–H and O–H groups in total. The van der Waals surface area contributed by atoms with Crippen LogP contribution in [-0.4, -0.2) is 22.3 Å². The Balaban J connectivity index is 2.01. The number of benzene rings is 1. The molecular formula is C16H18N2O4S. The van der Waals surface area contributed by atoms with Crippen molar-refractivity contribution in [3.05, 3.63) is 58.5 Å². The number of nitrogens with one attached hydrogen (secondary N) is 2. The van der Waals surface area contributed by atoms with Crippen LogP contribution in [0, 0.1) is 13.8 Å². The monoisotopic (exact) mass is 334 g/mol. The molecule has 0 radical (unpaired) electrons. The van der Waals surface area contributed by atoms with Crippen LogP contribution in [-0.2, 0) is 16.6 Å². The van der Waals surface area contributed by atoms with Crippen molar-refractivity contribution < 1.29 is 18.2 Å². The molecule has 1 aromatic carbocycles. The molecule has 0 bridgehead atoms. The van der Waals surface area contributed by atoms with E-state index < -0.39 is 22.6 Å². The molecule has 0 fully saturated rings. The van der Waals surface area contributed by atoms with E-state index in [0.29, 0.717) is 28.4 Å². The van der Waals surface area contributed by atoms with Crippen molar-refractivity contribution in [1.29, 1.82) is 0 Å². The van der Waals surface area contributed by atoms with Crippen molar-refractivity contribution in [2.75, 3.05) is 6.26 Å². The predicted octanol–water partition coefficient (Wildman–Crippen LogP) is 1.85. The van der Waals surface area contributed by atoms with Crippen LogP contribution in [0.2, 0.25) is 0 Å². The van der Waals surface area contributed by atoms with E-state index in [0.717, 1.165) is 5.56 Å². The molecular weight excluding hydrogens is 316 g/mol. The lowest BCUT2D eigenvalue weighted by Gasteiger charge is -2.08. The quantitative estimate of drug-likeness (QED) is 0.835. The normalized spacial score (nSPS) is 11.8. The summed E-state index contributed by atoms with van der Waals surface area (Å²) in [5.74, 6) is 0.598. The van der Waals surface area contributed by atoms with Gasteiger partial charge in [0.25, 0.3) is 11.8 Å². The molecule has 1 unspecified atom stereocenters. The lowest BCUT2D eigenvalue weighted by molar-refractivity contribution is 0.0845. The van der Waals surface area contributed by atoms with Gasteiger partial charge in [0.15, 0.2) is 0 Å². The molecule has 2 rings (SSSR count). The van der Waals surface area contributed by atoms with Gasteiger partial charge in [-0.1, -0.05) is 12.1 Å². The van der Waals surface area contributed by atoms with Crippen LogP contribution < -0.4 is 10.9 Å². The Hall–Kier alpha value is -2.41. The highest BCUT2D eigenvalue weighted by molar-refractivity contribution is 7.83. The molecule has 0 saturated heterocycles. The van der Waals surface area contributed by atoms with E-state index in [2.05, 4.69) is 10.9 Å². The van der Waals surface area contributed by atoms with E-state index in [9.17, 15) is 13.8 Å². The molecule has 122 valence electrons. The third-order valence-corrected chi connectivity index (χ3v) is 3.87. The Bertz CT molecular complexity index is 767. The van der Waals surface area contributed by atoms with Crippen molar-refractivity contribution in [3.63, 3.8) is 0 Å². The van der Waals surface area contributed by atoms with Crippen molar-refractivity contribution in [2.45, 2.75) is 19.6 Å². The summed E-state index contributed by atoms with van der Waals surface area (Å²) in [6.45, 7) is 3.42. The Morgan fingerprint density at radius 2 is 1.83 bits per heavy atom. The minimum atomic E-state index is -0.986. The molecule has 0 aliphatic heterocycles. The van der Waals surface area contributed by atoms with E-state index in [1.54, 1.807) is 50.4 Å². The molecule has 6 nitrogen and oxygen atoms in total. The average molecular weight is 334 g/mol. The molecule has 1 atom stereocenters. The third kappa shape index (κ3) is 4.53. The smallest absolute Gasteiger partial charge is 0.273 e. The van der Waals surface area contributed by atoms with Gasteiger partial charge in [0.1, 0.15) is 11.5 Å². The molecule has 0 saturated carbocycles. The largest absolute Gasteiger partial charge is 0.466 e. The summed E-state index contributed by atoms with van der Waals surface area (Å²) in [5, 5.41) is 0. The fourth-order valence-corrected chi connectivity index (χ4v) is 2.80. The Morgan fingerprint density at radius 3 is 2.43 bits per heavy atom. The van der Waals surface area contributed by atoms with Crippen LogP contribution in [0.25, 0.3) is 0 Å². The maximum absolute atomic E-state index is 12.1. The highest BCUT2D eigenvalue weighted by atomic mass is 32.2. The van der Waals surface area contributed by atoms with Crippen LogP contribution in [0.4, 0.5) is 0 Å². The number of hydrogen-bond donors (Lipinski definition) is 2. The minimum absolute atomic E-state index is 0.373. The lowest BCUT2D eigenvalue weighted by Crippen LogP contribution is -2.41. The first kappa shape index (κ1) is 17.0. The first-order valence-electron chi connectivity index (χ1n) is 6.93. The second-order valence-electron chi connectivity index (χ2n) is 5.15. The Kier molecular flexibility index (Phi) is 5.33. The van der Waals surface area contributed by atoms with Gasteiger partial charge in [-0.25, -0.2) is 0 Å². The minimum Gasteiger partial charge on any atom is -0.466 e. The van der Waals surface area contributed by atoms with E-state index in [1.807, 2.05) is 0 Å². The van der Waals surface area contributed by atoms with Crippen LogP contribution in [0.3, 0.4) is 0 Å². The van der Waals surface area contributed by atoms with Crippen molar-refractivity contribution in [1.82, 2.24) is 10.9 Å². The van der Waals surface area contributed by atoms with Crippen molar-refractivity contribution >= 4 is 22.6 Å². The highest BCUT2D eigenvalue weighted by Gasteiger charge is 2.14. The van der Waals surface area contributed by atoms with E-state index in [-0.39, 0.29) is 0 Å². The van der Waals surface area contributed by atoms with Gasteiger partial charge in [-0.15, -0.1) is 0 Å². The maximum atomic E-state index is 12.1. The van der Waals surface area contributed by atoms with Crippen LogP contribution in [0.15, 0.2) is 34.7 Å². The Morgan fingerprint density at radius 1 is 1.13 bits per heavy atom. The number of carbonyl (C=O) groups is 2. The molecule has 23 heavy (non-hydrogen) atoms. The van der Waals surface area contributed by atoms with Gasteiger partial charge in [-0.3, -0.25) is 24.6 Å². The van der Waals surface area contributed by atoms with Gasteiger partial charge in [0.05, 0.1) is 5.56 Å². The number of hydrazine groups is 1. The summed E-state index contributed by atoms with van der Waals surface area (Å²) in [7, 11) is -0.986. The van der Waals surface area contributed by atoms with Gasteiger partial charge < -0.3 is 4.42 Å². The fourth-order valence-electron chi connectivity index (χ4n) is 2.15. The summed E-state index contributed by atoms with van der Waals surface area (Å²) >= 11 is 0. The fraction of sp³-hybridized carbons (Fsp3) is 0.250. The second kappa shape index (κ2) is 7.23. The molecule has 0 spiro atoms. The first-order chi connectivity index (χ1) is 10.9. The van der Waals surface area contributed by atoms with Crippen LogP contribution in [0.5, 0.6) is 0 Å². The molecule has 0 aliphatic rings. The molecule has 1 heterocycles. The van der Waals surface area contributed by atoms with E-state index in [4.69, 9.17) is 4.42 Å². The van der Waals surface area contributed by atoms with Crippen molar-refractivity contribution in [2.24, 2.45) is 0 Å². The van der Waals surface area contributed by atoms with E-state index >= 15 is 0 Å². The highest BCUT2D eigenvalue weighted by Crippen LogP contribution is 2.13. The Labute approximate surface area is 136 Å². The number of amides is 2. The molecule has 2 aromatic rings. The SMILES string of the molecule is Cc1cc(C(=O)NNC(=O)c2cccc(CS(C)=O)c2)c(C)o1. The van der Waals surface area contributed by atoms with Gasteiger partial charge in [-0.2, -0.15) is 0 Å². The van der Waals surface area contributed by atoms with Crippen molar-refractivity contribution in [3.8, 4) is 0 Å². The summed E-state index contributed by atoms with van der Waals surface area (Å²) in [4.78, 5) is 24.1. The first-order valence-corrected chi connectivity index (χ1v) is 8.66. The molecule has 2 amide bonds. The summed E-state index contributed by atoms with van der Waals surface area (Å²) in [5.41, 5.74) is 6.26. The number of hydrogen-bond acceptors (Lipinski definition) is 4. The van der Waals surface area contributed by atoms with Gasteiger partial charge in [-0.05, 0) is 37.6 Å². The number of aryl methyl sites for hydroxylation is 2. The third-order valence-electron chi connectivity index (χ3n) is 3.13. The average Bonchev–Trinajstić information content (AvgIpc) is 2.83. The maximum Gasteiger partial charge on any atom is 0.273 e. The number of carbonyl (C=O) groups excluding carboxylic acids is 2. The zero-order valence-electron chi connectivity index (χ0n) is 13.1. The second-order valence-corrected chi connectivity index (χ2v) is 6.59. The van der Waals surface area contributed by atoms with Gasteiger partial charge in [0, 0.05) is 28.4 Å². The van der Waals surface area contributed by atoms with Crippen LogP contribution >= 0.6 is 0 Å². The number of rotatable bonds is 4.